The summed E-state index contributed by atoms with van der Waals surface area (Å²) in [6.07, 6.45) is 2.53. The molecule has 1 aromatic rings. The molecule has 2 heteroatoms. The Morgan fingerprint density at radius 2 is 2.24 bits per heavy atom. The Morgan fingerprint density at radius 3 is 2.76 bits per heavy atom. The SMILES string of the molecule is CCC1CC1(CNC)c1cc(C)ccc1OC. The molecule has 0 aromatic heterocycles. The average Bonchev–Trinajstić information content (AvgIpc) is 3.04. The fraction of sp³-hybridized carbons (Fsp3) is 0.600. The lowest BCUT2D eigenvalue weighted by Gasteiger charge is -2.21. The molecule has 2 atom stereocenters. The van der Waals surface area contributed by atoms with E-state index in [0.717, 1.165) is 18.2 Å². The van der Waals surface area contributed by atoms with Crippen LogP contribution in [0, 0.1) is 12.8 Å². The molecule has 2 unspecified atom stereocenters. The Balaban J connectivity index is 2.40. The standard InChI is InChI=1S/C15H23NO/c1-5-12-9-15(12,10-16-3)13-8-11(2)6-7-14(13)17-4/h6-8,12,16H,5,9-10H2,1-4H3. The van der Waals surface area contributed by atoms with E-state index < -0.39 is 0 Å². The molecule has 0 radical (unpaired) electrons. The van der Waals surface area contributed by atoms with Crippen LogP contribution in [-0.2, 0) is 5.41 Å². The monoisotopic (exact) mass is 233 g/mol. The van der Waals surface area contributed by atoms with E-state index in [0.29, 0.717) is 5.41 Å². The molecular formula is C15H23NO. The second-order valence-electron chi connectivity index (χ2n) is 5.20. The molecule has 0 saturated heterocycles. The van der Waals surface area contributed by atoms with Crippen LogP contribution >= 0.6 is 0 Å². The zero-order valence-electron chi connectivity index (χ0n) is 11.3. The van der Waals surface area contributed by atoms with Crippen LogP contribution in [0.3, 0.4) is 0 Å². The van der Waals surface area contributed by atoms with Crippen molar-refractivity contribution in [3.63, 3.8) is 0 Å². The molecule has 0 heterocycles. The van der Waals surface area contributed by atoms with E-state index in [1.807, 2.05) is 7.05 Å². The lowest BCUT2D eigenvalue weighted by atomic mass is 9.90. The number of benzene rings is 1. The molecule has 0 aliphatic heterocycles. The van der Waals surface area contributed by atoms with Gasteiger partial charge in [-0.2, -0.15) is 0 Å². The topological polar surface area (TPSA) is 21.3 Å². The van der Waals surface area contributed by atoms with E-state index >= 15 is 0 Å². The normalized spacial score (nSPS) is 26.9. The number of likely N-dealkylation sites (N-methyl/N-ethyl adjacent to an activating group) is 1. The summed E-state index contributed by atoms with van der Waals surface area (Å²) in [7, 11) is 3.81. The van der Waals surface area contributed by atoms with Gasteiger partial charge in [-0.1, -0.05) is 31.0 Å². The maximum absolute atomic E-state index is 5.54. The molecule has 1 aliphatic rings. The van der Waals surface area contributed by atoms with Gasteiger partial charge in [-0.15, -0.1) is 0 Å². The molecular weight excluding hydrogens is 210 g/mol. The van der Waals surface area contributed by atoms with Gasteiger partial charge in [0.25, 0.3) is 0 Å². The Bertz CT molecular complexity index is 402. The van der Waals surface area contributed by atoms with Gasteiger partial charge in [0, 0.05) is 17.5 Å². The van der Waals surface area contributed by atoms with Gasteiger partial charge in [0.05, 0.1) is 7.11 Å². The van der Waals surface area contributed by atoms with Crippen LogP contribution in [0.2, 0.25) is 0 Å². The zero-order chi connectivity index (χ0) is 12.5. The first-order chi connectivity index (χ1) is 8.17. The summed E-state index contributed by atoms with van der Waals surface area (Å²) >= 11 is 0. The number of ether oxygens (including phenoxy) is 1. The molecule has 1 fully saturated rings. The van der Waals surface area contributed by atoms with Crippen molar-refractivity contribution in [2.45, 2.75) is 32.1 Å². The highest BCUT2D eigenvalue weighted by Gasteiger charge is 2.54. The maximum Gasteiger partial charge on any atom is 0.122 e. The number of rotatable bonds is 5. The number of aryl methyl sites for hydroxylation is 1. The highest BCUT2D eigenvalue weighted by Crippen LogP contribution is 2.57. The van der Waals surface area contributed by atoms with Crippen molar-refractivity contribution < 1.29 is 4.74 Å². The molecule has 1 aromatic carbocycles. The Kier molecular flexibility index (Phi) is 3.43. The number of methoxy groups -OCH3 is 1. The van der Waals surface area contributed by atoms with Crippen molar-refractivity contribution in [3.8, 4) is 5.75 Å². The zero-order valence-corrected chi connectivity index (χ0v) is 11.3. The van der Waals surface area contributed by atoms with E-state index in [9.17, 15) is 0 Å². The summed E-state index contributed by atoms with van der Waals surface area (Å²) in [5.41, 5.74) is 3.01. The predicted molar refractivity (Wildman–Crippen MR) is 71.7 cm³/mol. The van der Waals surface area contributed by atoms with Gasteiger partial charge in [-0.25, -0.2) is 0 Å². The first-order valence-corrected chi connectivity index (χ1v) is 6.47. The smallest absolute Gasteiger partial charge is 0.122 e. The fourth-order valence-electron chi connectivity index (χ4n) is 3.08. The summed E-state index contributed by atoms with van der Waals surface area (Å²) < 4.78 is 5.54. The molecule has 17 heavy (non-hydrogen) atoms. The third-order valence-corrected chi connectivity index (χ3v) is 4.11. The minimum absolute atomic E-state index is 0.306. The van der Waals surface area contributed by atoms with Crippen LogP contribution in [0.5, 0.6) is 5.75 Å². The largest absolute Gasteiger partial charge is 0.496 e. The van der Waals surface area contributed by atoms with Gasteiger partial charge in [0.1, 0.15) is 5.75 Å². The molecule has 2 nitrogen and oxygen atoms in total. The first-order valence-electron chi connectivity index (χ1n) is 6.47. The molecule has 1 N–H and O–H groups in total. The quantitative estimate of drug-likeness (QED) is 0.844. The highest BCUT2D eigenvalue weighted by atomic mass is 16.5. The highest BCUT2D eigenvalue weighted by molar-refractivity contribution is 5.47. The van der Waals surface area contributed by atoms with Crippen LogP contribution in [0.1, 0.15) is 30.9 Å². The third kappa shape index (κ3) is 2.06. The van der Waals surface area contributed by atoms with Crippen LogP contribution in [0.25, 0.3) is 0 Å². The van der Waals surface area contributed by atoms with E-state index in [-0.39, 0.29) is 0 Å². The van der Waals surface area contributed by atoms with Crippen LogP contribution < -0.4 is 10.1 Å². The Hall–Kier alpha value is -1.02. The van der Waals surface area contributed by atoms with Crippen molar-refractivity contribution in [1.82, 2.24) is 5.32 Å². The Labute approximate surface area is 104 Å². The van der Waals surface area contributed by atoms with Gasteiger partial charge in [0.15, 0.2) is 0 Å². The van der Waals surface area contributed by atoms with E-state index in [4.69, 9.17) is 4.74 Å². The fourth-order valence-corrected chi connectivity index (χ4v) is 3.08. The summed E-state index contributed by atoms with van der Waals surface area (Å²) in [6.45, 7) is 5.48. The van der Waals surface area contributed by atoms with Gasteiger partial charge in [-0.05, 0) is 32.4 Å². The molecule has 1 aliphatic carbocycles. The van der Waals surface area contributed by atoms with Crippen molar-refractivity contribution in [3.05, 3.63) is 29.3 Å². The summed E-state index contributed by atoms with van der Waals surface area (Å²) in [6, 6.07) is 6.53. The number of hydrogen-bond acceptors (Lipinski definition) is 2. The molecule has 0 spiro atoms. The summed E-state index contributed by atoms with van der Waals surface area (Å²) in [5.74, 6) is 1.84. The average molecular weight is 233 g/mol. The van der Waals surface area contributed by atoms with E-state index in [1.54, 1.807) is 7.11 Å². The number of nitrogens with one attached hydrogen (secondary N) is 1. The summed E-state index contributed by atoms with van der Waals surface area (Å²) in [4.78, 5) is 0. The molecule has 1 saturated carbocycles. The maximum atomic E-state index is 5.54. The lowest BCUT2D eigenvalue weighted by Crippen LogP contribution is -2.26. The van der Waals surface area contributed by atoms with Gasteiger partial charge < -0.3 is 10.1 Å². The third-order valence-electron chi connectivity index (χ3n) is 4.11. The van der Waals surface area contributed by atoms with E-state index in [2.05, 4.69) is 37.4 Å². The van der Waals surface area contributed by atoms with Crippen LogP contribution in [0.15, 0.2) is 18.2 Å². The van der Waals surface area contributed by atoms with Crippen LogP contribution in [0.4, 0.5) is 0 Å². The molecule has 94 valence electrons. The number of hydrogen-bond donors (Lipinski definition) is 1. The molecule has 2 rings (SSSR count). The first kappa shape index (κ1) is 12.4. The second kappa shape index (κ2) is 4.69. The van der Waals surface area contributed by atoms with Crippen molar-refractivity contribution in [2.75, 3.05) is 20.7 Å². The van der Waals surface area contributed by atoms with Gasteiger partial charge in [0.2, 0.25) is 0 Å². The van der Waals surface area contributed by atoms with Crippen molar-refractivity contribution in [2.24, 2.45) is 5.92 Å². The summed E-state index contributed by atoms with van der Waals surface area (Å²) in [5, 5.41) is 3.35. The predicted octanol–water partition coefficient (Wildman–Crippen LogP) is 2.89. The lowest BCUT2D eigenvalue weighted by molar-refractivity contribution is 0.399. The van der Waals surface area contributed by atoms with Crippen LogP contribution in [-0.4, -0.2) is 20.7 Å². The van der Waals surface area contributed by atoms with Crippen molar-refractivity contribution >= 4 is 0 Å². The Morgan fingerprint density at radius 1 is 1.47 bits per heavy atom. The minimum atomic E-state index is 0.306. The van der Waals surface area contributed by atoms with Crippen molar-refractivity contribution in [1.29, 1.82) is 0 Å². The van der Waals surface area contributed by atoms with E-state index in [1.165, 1.54) is 24.0 Å². The van der Waals surface area contributed by atoms with Gasteiger partial charge >= 0.3 is 0 Å². The second-order valence-corrected chi connectivity index (χ2v) is 5.20. The molecule has 0 amide bonds. The minimum Gasteiger partial charge on any atom is -0.496 e. The van der Waals surface area contributed by atoms with Gasteiger partial charge in [-0.3, -0.25) is 0 Å². The molecule has 0 bridgehead atoms.